The Balaban J connectivity index is 5.68. The highest BCUT2D eigenvalue weighted by molar-refractivity contribution is 6.74. The van der Waals surface area contributed by atoms with Crippen LogP contribution >= 0.6 is 0 Å². The number of rotatable bonds is 16. The molecule has 0 aliphatic carbocycles. The number of ketones is 1. The van der Waals surface area contributed by atoms with Crippen LogP contribution in [0.5, 0.6) is 0 Å². The number of carbonyl (C=O) groups excluding carboxylic acids is 1. The highest BCUT2D eigenvalue weighted by Crippen LogP contribution is 2.26. The van der Waals surface area contributed by atoms with Gasteiger partial charge < -0.3 is 19.1 Å². The van der Waals surface area contributed by atoms with E-state index < -0.39 is 28.8 Å². The Morgan fingerprint density at radius 3 is 1.88 bits per heavy atom. The van der Waals surface area contributed by atoms with Gasteiger partial charge in [0.15, 0.2) is 16.6 Å². The minimum Gasteiger partial charge on any atom is -0.413 e. The van der Waals surface area contributed by atoms with Gasteiger partial charge in [0.2, 0.25) is 5.78 Å². The molecule has 0 fully saturated rings. The Morgan fingerprint density at radius 2 is 1.45 bits per heavy atom. The molecule has 2 atom stereocenters. The van der Waals surface area contributed by atoms with Crippen LogP contribution in [0.4, 0.5) is 0 Å². The number of aliphatic hydroxyl groups excluding tert-OH is 2. The third-order valence-electron chi connectivity index (χ3n) is 6.89. The summed E-state index contributed by atoms with van der Waals surface area (Å²) in [6, 6.07) is 5.81. The molecule has 0 radical (unpaired) electrons. The standard InChI is InChI=1S/C26H48O5Si2/c1-9-32(10-2,11-3)30-19-18-23(21-27)25(29)20-26(24(28)17-15-16-22(7)8)31-33(12-4,13-5)14-6/h16,18,25-27,29H,9-14,19-21H2,1-8H3/b23-18+/t25-,26-/m0/s1. The van der Waals surface area contributed by atoms with Gasteiger partial charge in [0.1, 0.15) is 6.10 Å². The van der Waals surface area contributed by atoms with E-state index in [2.05, 4.69) is 53.4 Å². The highest BCUT2D eigenvalue weighted by atomic mass is 28.4. The maximum absolute atomic E-state index is 12.9. The summed E-state index contributed by atoms with van der Waals surface area (Å²) in [5.41, 5.74) is 1.49. The van der Waals surface area contributed by atoms with Crippen molar-refractivity contribution in [1.82, 2.24) is 0 Å². The molecular weight excluding hydrogens is 448 g/mol. The highest BCUT2D eigenvalue weighted by Gasteiger charge is 2.35. The molecule has 0 unspecified atom stereocenters. The maximum atomic E-state index is 12.9. The van der Waals surface area contributed by atoms with Crippen molar-refractivity contribution in [3.63, 3.8) is 0 Å². The Morgan fingerprint density at radius 1 is 0.939 bits per heavy atom. The number of hydrogen-bond donors (Lipinski definition) is 2. The number of allylic oxidation sites excluding steroid dienone is 2. The van der Waals surface area contributed by atoms with E-state index in [1.807, 2.05) is 13.8 Å². The molecular formula is C26H48O5Si2. The molecule has 0 aromatic rings. The van der Waals surface area contributed by atoms with Crippen molar-refractivity contribution in [2.45, 2.75) is 110 Å². The summed E-state index contributed by atoms with van der Waals surface area (Å²) in [6.07, 6.45) is 1.76. The van der Waals surface area contributed by atoms with Crippen LogP contribution in [0.25, 0.3) is 0 Å². The van der Waals surface area contributed by atoms with E-state index in [4.69, 9.17) is 8.85 Å². The third-order valence-corrected chi connectivity index (χ3v) is 16.2. The molecule has 0 aliphatic rings. The van der Waals surface area contributed by atoms with E-state index >= 15 is 0 Å². The van der Waals surface area contributed by atoms with E-state index in [9.17, 15) is 15.0 Å². The zero-order valence-electron chi connectivity index (χ0n) is 22.3. The van der Waals surface area contributed by atoms with E-state index in [-0.39, 0.29) is 18.8 Å². The minimum atomic E-state index is -2.10. The molecule has 0 rings (SSSR count). The first-order valence-corrected chi connectivity index (χ1v) is 17.7. The Kier molecular flexibility index (Phi) is 16.1. The molecule has 0 amide bonds. The minimum absolute atomic E-state index is 0.0847. The number of hydrogen-bond acceptors (Lipinski definition) is 5. The second-order valence-corrected chi connectivity index (χ2v) is 18.4. The lowest BCUT2D eigenvalue weighted by Crippen LogP contribution is -2.44. The van der Waals surface area contributed by atoms with Crippen LogP contribution in [0, 0.1) is 11.8 Å². The van der Waals surface area contributed by atoms with Crippen LogP contribution in [-0.2, 0) is 13.6 Å². The third kappa shape index (κ3) is 10.8. The summed E-state index contributed by atoms with van der Waals surface area (Å²) in [6.45, 7) is 16.7. The van der Waals surface area contributed by atoms with Gasteiger partial charge in [-0.1, -0.05) is 59.1 Å². The summed E-state index contributed by atoms with van der Waals surface area (Å²) in [5, 5.41) is 20.8. The molecule has 0 spiro atoms. The zero-order valence-corrected chi connectivity index (χ0v) is 24.3. The predicted octanol–water partition coefficient (Wildman–Crippen LogP) is 5.61. The van der Waals surface area contributed by atoms with Gasteiger partial charge in [-0.25, -0.2) is 0 Å². The lowest BCUT2D eigenvalue weighted by molar-refractivity contribution is -0.121. The topological polar surface area (TPSA) is 76.0 Å². The Hall–Kier alpha value is -1.02. The number of aliphatic hydroxyl groups is 2. The van der Waals surface area contributed by atoms with Crippen LogP contribution in [-0.4, -0.2) is 58.1 Å². The molecule has 2 N–H and O–H groups in total. The first-order chi connectivity index (χ1) is 15.6. The summed E-state index contributed by atoms with van der Waals surface area (Å²) < 4.78 is 12.7. The fourth-order valence-corrected chi connectivity index (χ4v) is 9.24. The van der Waals surface area contributed by atoms with E-state index in [1.54, 1.807) is 12.2 Å². The second kappa shape index (κ2) is 16.6. The van der Waals surface area contributed by atoms with Gasteiger partial charge in [0, 0.05) is 6.42 Å². The predicted molar refractivity (Wildman–Crippen MR) is 143 cm³/mol. The van der Waals surface area contributed by atoms with Crippen molar-refractivity contribution in [3.05, 3.63) is 23.3 Å². The fourth-order valence-electron chi connectivity index (χ4n) is 3.88. The smallest absolute Gasteiger partial charge is 0.233 e. The monoisotopic (exact) mass is 496 g/mol. The summed E-state index contributed by atoms with van der Waals surface area (Å²) in [5.74, 6) is 5.16. The number of carbonyl (C=O) groups is 1. The van der Waals surface area contributed by atoms with E-state index in [0.717, 1.165) is 41.8 Å². The molecule has 0 heterocycles. The van der Waals surface area contributed by atoms with Crippen molar-refractivity contribution in [1.29, 1.82) is 0 Å². The molecule has 5 nitrogen and oxygen atoms in total. The Labute approximate surface area is 204 Å². The largest absolute Gasteiger partial charge is 0.413 e. The second-order valence-electron chi connectivity index (χ2n) is 8.95. The lowest BCUT2D eigenvalue weighted by atomic mass is 10.0. The van der Waals surface area contributed by atoms with Crippen LogP contribution in [0.3, 0.4) is 0 Å². The average Bonchev–Trinajstić information content (AvgIpc) is 2.82. The number of Topliss-reactive ketones (excluding diaryl/α,β-unsaturated/α-hetero) is 1. The molecule has 0 aromatic carbocycles. The van der Waals surface area contributed by atoms with Gasteiger partial charge in [0.25, 0.3) is 0 Å². The molecule has 190 valence electrons. The van der Waals surface area contributed by atoms with Crippen LogP contribution in [0.15, 0.2) is 23.3 Å². The molecule has 33 heavy (non-hydrogen) atoms. The van der Waals surface area contributed by atoms with Crippen molar-refractivity contribution in [2.75, 3.05) is 13.2 Å². The normalized spacial score (nSPS) is 14.3. The average molecular weight is 497 g/mol. The Bertz CT molecular complexity index is 677. The van der Waals surface area contributed by atoms with Crippen molar-refractivity contribution >= 4 is 22.4 Å². The van der Waals surface area contributed by atoms with E-state index in [0.29, 0.717) is 12.2 Å². The molecule has 0 aromatic heterocycles. The fraction of sp³-hybridized carbons (Fsp3) is 0.731. The van der Waals surface area contributed by atoms with Crippen LogP contribution < -0.4 is 0 Å². The summed E-state index contributed by atoms with van der Waals surface area (Å²) in [4.78, 5) is 12.9. The first kappa shape index (κ1) is 32.0. The van der Waals surface area contributed by atoms with Gasteiger partial charge in [-0.2, -0.15) is 0 Å². The summed E-state index contributed by atoms with van der Waals surface area (Å²) >= 11 is 0. The van der Waals surface area contributed by atoms with Gasteiger partial charge in [-0.15, -0.1) is 0 Å². The first-order valence-electron chi connectivity index (χ1n) is 12.6. The molecule has 0 aliphatic heterocycles. The van der Waals surface area contributed by atoms with Gasteiger partial charge in [0.05, 0.1) is 19.3 Å². The summed E-state index contributed by atoms with van der Waals surface area (Å²) in [7, 11) is -3.85. The van der Waals surface area contributed by atoms with Crippen LogP contribution in [0.2, 0.25) is 36.3 Å². The molecule has 0 saturated heterocycles. The van der Waals surface area contributed by atoms with Crippen LogP contribution in [0.1, 0.15) is 61.8 Å². The van der Waals surface area contributed by atoms with Crippen molar-refractivity contribution in [2.24, 2.45) is 0 Å². The zero-order chi connectivity index (χ0) is 25.5. The lowest BCUT2D eigenvalue weighted by Gasteiger charge is -2.33. The van der Waals surface area contributed by atoms with E-state index in [1.165, 1.54) is 0 Å². The van der Waals surface area contributed by atoms with Gasteiger partial charge in [-0.3, -0.25) is 4.79 Å². The van der Waals surface area contributed by atoms with Crippen molar-refractivity contribution < 1.29 is 23.9 Å². The van der Waals surface area contributed by atoms with Crippen molar-refractivity contribution in [3.8, 4) is 11.8 Å². The van der Waals surface area contributed by atoms with Gasteiger partial charge in [-0.05, 0) is 67.7 Å². The molecule has 0 saturated carbocycles. The SMILES string of the molecule is CC[Si](CC)(CC)OC/C=C(\CO)[C@@H](O)C[C@H](O[Si](CC)(CC)CC)C(=O)C#CC=C(C)C. The van der Waals surface area contributed by atoms with Gasteiger partial charge >= 0.3 is 0 Å². The maximum Gasteiger partial charge on any atom is 0.233 e. The quantitative estimate of drug-likeness (QED) is 0.126. The molecule has 7 heteroatoms. The molecule has 0 bridgehead atoms.